The molecule has 288 valence electrons. The van der Waals surface area contributed by atoms with Crippen LogP contribution in [0.1, 0.15) is 51.4 Å². The predicted molar refractivity (Wildman–Crippen MR) is 196 cm³/mol. The highest BCUT2D eigenvalue weighted by molar-refractivity contribution is 7.91. The molecule has 0 radical (unpaired) electrons. The van der Waals surface area contributed by atoms with Gasteiger partial charge in [0.25, 0.3) is 0 Å². The Morgan fingerprint density at radius 1 is 0.627 bits per heavy atom. The van der Waals surface area contributed by atoms with Gasteiger partial charge in [-0.05, 0) is 99.6 Å². The molecule has 0 aromatic heterocycles. The zero-order chi connectivity index (χ0) is 37.4. The molecule has 0 amide bonds. The van der Waals surface area contributed by atoms with Crippen LogP contribution in [-0.4, -0.2) is 113 Å². The molecular formula is C34H56N2O12SSi2. The summed E-state index contributed by atoms with van der Waals surface area (Å²) < 4.78 is 60.8. The Labute approximate surface area is 304 Å². The SMILES string of the molecule is CO[Si](CCC1CCC(Nc2cc(S(=O)(=O)c3ccc(O)c(NC4CCC(CC[Si](OC)(OC)OC)CC4O)c3)ccc2O)C(O)C1)(OC)OC. The van der Waals surface area contributed by atoms with Crippen LogP contribution in [0.25, 0.3) is 0 Å². The number of benzene rings is 2. The molecule has 0 heterocycles. The van der Waals surface area contributed by atoms with Crippen LogP contribution in [0.4, 0.5) is 11.4 Å². The maximum Gasteiger partial charge on any atom is 0.500 e. The number of hydrogen-bond donors (Lipinski definition) is 6. The summed E-state index contributed by atoms with van der Waals surface area (Å²) in [6.45, 7) is 0. The number of phenols is 2. The third-order valence-corrected chi connectivity index (χ3v) is 18.0. The van der Waals surface area contributed by atoms with Gasteiger partial charge in [-0.1, -0.05) is 0 Å². The Kier molecular flexibility index (Phi) is 14.8. The molecule has 2 aromatic carbocycles. The molecule has 17 heteroatoms. The first-order chi connectivity index (χ1) is 24.3. The van der Waals surface area contributed by atoms with E-state index in [2.05, 4.69) is 10.6 Å². The van der Waals surface area contributed by atoms with E-state index in [9.17, 15) is 28.8 Å². The van der Waals surface area contributed by atoms with E-state index in [1.165, 1.54) is 36.4 Å². The normalized spacial score (nSPS) is 24.7. The molecule has 6 N–H and O–H groups in total. The monoisotopic (exact) mass is 772 g/mol. The highest BCUT2D eigenvalue weighted by Crippen LogP contribution is 2.38. The van der Waals surface area contributed by atoms with Crippen molar-refractivity contribution in [1.82, 2.24) is 0 Å². The molecule has 0 aliphatic heterocycles. The van der Waals surface area contributed by atoms with Crippen LogP contribution in [0.15, 0.2) is 46.2 Å². The van der Waals surface area contributed by atoms with Gasteiger partial charge in [-0.2, -0.15) is 0 Å². The number of anilines is 2. The van der Waals surface area contributed by atoms with Gasteiger partial charge in [0.1, 0.15) is 11.5 Å². The molecule has 51 heavy (non-hydrogen) atoms. The number of hydrogen-bond acceptors (Lipinski definition) is 14. The minimum absolute atomic E-state index is 0.0639. The Bertz CT molecular complexity index is 1410. The third kappa shape index (κ3) is 10.0. The van der Waals surface area contributed by atoms with E-state index in [1.54, 1.807) is 42.7 Å². The van der Waals surface area contributed by atoms with E-state index in [0.29, 0.717) is 37.8 Å². The minimum Gasteiger partial charge on any atom is -0.506 e. The summed E-state index contributed by atoms with van der Waals surface area (Å²) in [5, 5.41) is 49.7. The molecule has 2 aliphatic carbocycles. The van der Waals surface area contributed by atoms with Crippen LogP contribution in [0.2, 0.25) is 12.1 Å². The fraction of sp³-hybridized carbons (Fsp3) is 0.647. The maximum absolute atomic E-state index is 13.8. The first kappa shape index (κ1) is 41.5. The quantitative estimate of drug-likeness (QED) is 0.0925. The summed E-state index contributed by atoms with van der Waals surface area (Å²) in [5.41, 5.74) is 0.392. The summed E-state index contributed by atoms with van der Waals surface area (Å²) in [4.78, 5) is -0.128. The van der Waals surface area contributed by atoms with Gasteiger partial charge in [-0.15, -0.1) is 0 Å². The third-order valence-electron chi connectivity index (χ3n) is 10.7. The van der Waals surface area contributed by atoms with Crippen LogP contribution in [-0.2, 0) is 36.4 Å². The summed E-state index contributed by atoms with van der Waals surface area (Å²) in [7, 11) is -0.0764. The molecule has 0 spiro atoms. The lowest BCUT2D eigenvalue weighted by atomic mass is 9.82. The van der Waals surface area contributed by atoms with Crippen molar-refractivity contribution in [2.75, 3.05) is 53.3 Å². The minimum atomic E-state index is -4.09. The highest BCUT2D eigenvalue weighted by Gasteiger charge is 2.41. The topological polar surface area (TPSA) is 194 Å². The average molecular weight is 773 g/mol. The summed E-state index contributed by atoms with van der Waals surface area (Å²) in [5.74, 6) is 0.176. The van der Waals surface area contributed by atoms with Gasteiger partial charge in [-0.25, -0.2) is 8.42 Å². The number of rotatable bonds is 18. The maximum atomic E-state index is 13.8. The van der Waals surface area contributed by atoms with Gasteiger partial charge in [0, 0.05) is 54.7 Å². The summed E-state index contributed by atoms with van der Waals surface area (Å²) in [6, 6.07) is 8.45. The van der Waals surface area contributed by atoms with Crippen LogP contribution in [0.3, 0.4) is 0 Å². The summed E-state index contributed by atoms with van der Waals surface area (Å²) >= 11 is 0. The van der Waals surface area contributed by atoms with Crippen LogP contribution < -0.4 is 10.6 Å². The molecule has 2 aliphatic rings. The molecule has 14 nitrogen and oxygen atoms in total. The van der Waals surface area contributed by atoms with Crippen molar-refractivity contribution in [3.05, 3.63) is 36.4 Å². The first-order valence-corrected chi connectivity index (χ1v) is 22.7. The van der Waals surface area contributed by atoms with Gasteiger partial charge in [0.05, 0.1) is 45.5 Å². The van der Waals surface area contributed by atoms with Crippen molar-refractivity contribution < 1.29 is 55.4 Å². The molecule has 0 saturated heterocycles. The molecule has 4 rings (SSSR count). The molecule has 2 saturated carbocycles. The van der Waals surface area contributed by atoms with E-state index in [4.69, 9.17) is 26.6 Å². The molecule has 0 bridgehead atoms. The second-order valence-corrected chi connectivity index (χ2v) is 21.7. The van der Waals surface area contributed by atoms with Crippen molar-refractivity contribution >= 4 is 38.8 Å². The van der Waals surface area contributed by atoms with E-state index in [1.807, 2.05) is 0 Å². The fourth-order valence-electron chi connectivity index (χ4n) is 7.33. The van der Waals surface area contributed by atoms with Crippen molar-refractivity contribution in [3.8, 4) is 11.5 Å². The number of phenolic OH excluding ortho intramolecular Hbond substituents is 2. The number of aliphatic hydroxyl groups excluding tert-OH is 2. The molecule has 6 atom stereocenters. The molecule has 2 aromatic rings. The zero-order valence-electron chi connectivity index (χ0n) is 30.5. The Balaban J connectivity index is 1.40. The van der Waals surface area contributed by atoms with Gasteiger partial charge < -0.3 is 57.6 Å². The second-order valence-electron chi connectivity index (χ2n) is 13.5. The van der Waals surface area contributed by atoms with E-state index in [0.717, 1.165) is 25.7 Å². The van der Waals surface area contributed by atoms with Crippen LogP contribution >= 0.6 is 0 Å². The van der Waals surface area contributed by atoms with Crippen molar-refractivity contribution in [1.29, 1.82) is 0 Å². The van der Waals surface area contributed by atoms with Crippen molar-refractivity contribution in [3.63, 3.8) is 0 Å². The number of sulfone groups is 1. The lowest BCUT2D eigenvalue weighted by Crippen LogP contribution is -2.44. The van der Waals surface area contributed by atoms with E-state index < -0.39 is 51.7 Å². The predicted octanol–water partition coefficient (Wildman–Crippen LogP) is 4.35. The lowest BCUT2D eigenvalue weighted by molar-refractivity contribution is 0.0813. The fourth-order valence-corrected chi connectivity index (χ4v) is 12.4. The van der Waals surface area contributed by atoms with Gasteiger partial charge >= 0.3 is 17.6 Å². The average Bonchev–Trinajstić information content (AvgIpc) is 3.13. The van der Waals surface area contributed by atoms with Gasteiger partial charge in [-0.3, -0.25) is 0 Å². The molecule has 6 unspecified atom stereocenters. The largest absolute Gasteiger partial charge is 0.506 e. The van der Waals surface area contributed by atoms with Gasteiger partial charge in [0.2, 0.25) is 9.84 Å². The smallest absolute Gasteiger partial charge is 0.500 e. The van der Waals surface area contributed by atoms with Crippen LogP contribution in [0, 0.1) is 11.8 Å². The number of aliphatic hydroxyl groups is 2. The summed E-state index contributed by atoms with van der Waals surface area (Å²) in [6.07, 6.45) is 3.99. The molecular weight excluding hydrogens is 717 g/mol. The molecule has 2 fully saturated rings. The number of nitrogens with one attached hydrogen (secondary N) is 2. The van der Waals surface area contributed by atoms with E-state index in [-0.39, 0.29) is 44.5 Å². The zero-order valence-corrected chi connectivity index (χ0v) is 33.3. The van der Waals surface area contributed by atoms with Crippen molar-refractivity contribution in [2.24, 2.45) is 11.8 Å². The Hall–Kier alpha value is -2.30. The number of aromatic hydroxyl groups is 2. The first-order valence-electron chi connectivity index (χ1n) is 17.4. The second kappa shape index (κ2) is 18.2. The highest BCUT2D eigenvalue weighted by atomic mass is 32.2. The van der Waals surface area contributed by atoms with Gasteiger partial charge in [0.15, 0.2) is 0 Å². The Morgan fingerprint density at radius 2 is 0.980 bits per heavy atom. The standard InChI is InChI=1S/C34H56N2O12SSi2/c1-43-50(44-2,45-3)17-15-23-7-11-27(33(39)19-23)35-29-21-25(9-13-31(29)37)49(41,42)26-10-14-32(38)30(22-26)36-28-12-8-24(20-34(28)40)16-18-51(46-4,47-5)48-6/h9-10,13-14,21-24,27-28,33-40H,7-8,11-12,15-20H2,1-6H3. The van der Waals surface area contributed by atoms with E-state index >= 15 is 0 Å². The van der Waals surface area contributed by atoms with Crippen molar-refractivity contribution in [2.45, 2.75) is 97.5 Å². The Morgan fingerprint density at radius 3 is 1.29 bits per heavy atom. The lowest BCUT2D eigenvalue weighted by Gasteiger charge is -2.35. The van der Waals surface area contributed by atoms with Crippen LogP contribution in [0.5, 0.6) is 11.5 Å².